The van der Waals surface area contributed by atoms with Crippen molar-refractivity contribution in [2.75, 3.05) is 0 Å². The van der Waals surface area contributed by atoms with Gasteiger partial charge in [-0.3, -0.25) is 0 Å². The third kappa shape index (κ3) is 6.26. The van der Waals surface area contributed by atoms with Crippen LogP contribution in [0.15, 0.2) is 0 Å². The van der Waals surface area contributed by atoms with Crippen molar-refractivity contribution in [3.8, 4) is 0 Å². The van der Waals surface area contributed by atoms with Crippen LogP contribution in [-0.4, -0.2) is 48.1 Å². The fraction of sp³-hybridized carbons (Fsp3) is 1.00. The van der Waals surface area contributed by atoms with Crippen LogP contribution < -0.4 is 29.6 Å². The summed E-state index contributed by atoms with van der Waals surface area (Å²) in [6.45, 7) is 0. The van der Waals surface area contributed by atoms with Gasteiger partial charge >= 0.3 is 64.7 Å². The van der Waals surface area contributed by atoms with Crippen molar-refractivity contribution in [3.63, 3.8) is 0 Å². The zero-order valence-corrected chi connectivity index (χ0v) is 16.9. The number of hydrogen-bond acceptors (Lipinski definition) is 3. The van der Waals surface area contributed by atoms with Crippen molar-refractivity contribution < 1.29 is 99.6 Å². The Hall–Kier alpha value is -0.000000000000000444. The van der Waals surface area contributed by atoms with E-state index in [4.69, 9.17) is 0 Å². The molecular formula is C11H10F13NaO3S. The molecule has 0 spiro atoms. The van der Waals surface area contributed by atoms with Crippen LogP contribution in [0.5, 0.6) is 0 Å². The van der Waals surface area contributed by atoms with Gasteiger partial charge in [-0.05, 0) is 12.8 Å². The van der Waals surface area contributed by atoms with Gasteiger partial charge in [0, 0.05) is 12.8 Å². The summed E-state index contributed by atoms with van der Waals surface area (Å²) in [4.78, 5) is 0. The topological polar surface area (TPSA) is 57.2 Å². The molecule has 0 aromatic rings. The maximum atomic E-state index is 13.3. The van der Waals surface area contributed by atoms with Crippen LogP contribution in [0, 0.1) is 0 Å². The van der Waals surface area contributed by atoms with Gasteiger partial charge in [0.1, 0.15) is 0 Å². The van der Waals surface area contributed by atoms with E-state index >= 15 is 0 Å². The second kappa shape index (κ2) is 9.24. The summed E-state index contributed by atoms with van der Waals surface area (Å²) >= 11 is 0. The second-order valence-electron chi connectivity index (χ2n) is 5.57. The molecule has 170 valence electrons. The van der Waals surface area contributed by atoms with Gasteiger partial charge in [-0.2, -0.15) is 57.1 Å². The zero-order valence-electron chi connectivity index (χ0n) is 14.1. The van der Waals surface area contributed by atoms with Crippen molar-refractivity contribution in [2.24, 2.45) is 0 Å². The first-order valence-corrected chi connectivity index (χ1v) is 8.28. The van der Waals surface area contributed by atoms with Crippen molar-refractivity contribution in [1.29, 1.82) is 0 Å². The molecule has 0 atom stereocenters. The minimum atomic E-state index is -7.75. The maximum Gasteiger partial charge on any atom is 1.00 e. The molecule has 0 saturated carbocycles. The molecule has 0 aromatic carbocycles. The molecule has 18 heteroatoms. The number of unbranched alkanes of at least 4 members (excludes halogenated alkanes) is 2. The Morgan fingerprint density at radius 3 is 1.31 bits per heavy atom. The molecule has 0 aromatic heterocycles. The van der Waals surface area contributed by atoms with Crippen LogP contribution in [0.4, 0.5) is 57.1 Å². The van der Waals surface area contributed by atoms with Crippen molar-refractivity contribution in [1.82, 2.24) is 0 Å². The van der Waals surface area contributed by atoms with Gasteiger partial charge in [-0.25, -0.2) is 8.42 Å². The average Bonchev–Trinajstić information content (AvgIpc) is 2.43. The minimum Gasteiger partial charge on any atom is -0.743 e. The SMILES string of the molecule is O=S(=O)([O-])C(F)(F)C(F)(F)C(F)(F)C(F)(F)C(F)(F)CCCCCC(F)(F)F.[Na+]. The fourth-order valence-electron chi connectivity index (χ4n) is 1.77. The first-order valence-electron chi connectivity index (χ1n) is 6.87. The summed E-state index contributed by atoms with van der Waals surface area (Å²) in [5.41, 5.74) is 0. The molecule has 0 aliphatic rings. The molecule has 0 N–H and O–H groups in total. The molecule has 0 amide bonds. The predicted octanol–water partition coefficient (Wildman–Crippen LogP) is 2.18. The van der Waals surface area contributed by atoms with Crippen molar-refractivity contribution in [3.05, 3.63) is 0 Å². The molecule has 0 radical (unpaired) electrons. The Labute approximate surface area is 177 Å². The zero-order chi connectivity index (χ0) is 23.0. The molecular weight excluding hydrogens is 482 g/mol. The standard InChI is InChI=1S/C11H11F13O3S.Na/c12-6(13,4-2-1-3-5-7(14,15)16)8(17,18)9(19,20)10(21,22)11(23,24)28(25,26)27;/h1-5H2,(H,25,26,27);/q;+1/p-1. The molecule has 0 aliphatic carbocycles. The number of rotatable bonds is 10. The van der Waals surface area contributed by atoms with Crippen molar-refractivity contribution >= 4 is 10.1 Å². The average molecular weight is 492 g/mol. The summed E-state index contributed by atoms with van der Waals surface area (Å²) in [6.07, 6.45) is -11.9. The smallest absolute Gasteiger partial charge is 0.743 e. The summed E-state index contributed by atoms with van der Waals surface area (Å²) < 4.78 is 197. The quantitative estimate of drug-likeness (QED) is 0.204. The van der Waals surface area contributed by atoms with Crippen LogP contribution >= 0.6 is 0 Å². The number of hydrogen-bond donors (Lipinski definition) is 0. The fourth-order valence-corrected chi connectivity index (χ4v) is 2.22. The van der Waals surface area contributed by atoms with Crippen molar-refractivity contribution in [2.45, 2.75) is 67.2 Å². The van der Waals surface area contributed by atoms with Gasteiger partial charge in [0.15, 0.2) is 10.1 Å². The van der Waals surface area contributed by atoms with E-state index in [-0.39, 0.29) is 29.6 Å². The van der Waals surface area contributed by atoms with E-state index in [1.165, 1.54) is 0 Å². The summed E-state index contributed by atoms with van der Waals surface area (Å²) in [5, 5.41) is -7.38. The van der Waals surface area contributed by atoms with Crippen LogP contribution in [0.2, 0.25) is 0 Å². The molecule has 3 nitrogen and oxygen atoms in total. The first-order chi connectivity index (χ1) is 12.0. The Morgan fingerprint density at radius 2 is 0.966 bits per heavy atom. The minimum absolute atomic E-state index is 0. The Balaban J connectivity index is 0. The molecule has 0 fully saturated rings. The van der Waals surface area contributed by atoms with E-state index in [0.29, 0.717) is 0 Å². The van der Waals surface area contributed by atoms with Gasteiger partial charge in [0.25, 0.3) is 0 Å². The number of alkyl halides is 13. The van der Waals surface area contributed by atoms with E-state index < -0.39 is 77.3 Å². The predicted molar refractivity (Wildman–Crippen MR) is 63.6 cm³/mol. The van der Waals surface area contributed by atoms with Gasteiger partial charge in [-0.1, -0.05) is 6.42 Å². The summed E-state index contributed by atoms with van der Waals surface area (Å²) in [6, 6.07) is 0. The van der Waals surface area contributed by atoms with E-state index in [9.17, 15) is 70.0 Å². The summed E-state index contributed by atoms with van der Waals surface area (Å²) in [5.74, 6) is -28.9. The Kier molecular flexibility index (Phi) is 9.94. The van der Waals surface area contributed by atoms with Gasteiger partial charge in [-0.15, -0.1) is 0 Å². The number of halogens is 13. The molecule has 29 heavy (non-hydrogen) atoms. The first kappa shape index (κ1) is 31.2. The third-order valence-corrected chi connectivity index (χ3v) is 4.26. The van der Waals surface area contributed by atoms with E-state index in [1.807, 2.05) is 0 Å². The molecule has 0 heterocycles. The monoisotopic (exact) mass is 492 g/mol. The molecule has 0 rings (SSSR count). The van der Waals surface area contributed by atoms with Crippen LogP contribution in [0.25, 0.3) is 0 Å². The van der Waals surface area contributed by atoms with Gasteiger partial charge in [0.2, 0.25) is 0 Å². The summed E-state index contributed by atoms with van der Waals surface area (Å²) in [7, 11) is -7.69. The normalized spacial score (nSPS) is 15.2. The largest absolute Gasteiger partial charge is 1.00 e. The molecule has 0 aliphatic heterocycles. The van der Waals surface area contributed by atoms with E-state index in [1.54, 1.807) is 0 Å². The van der Waals surface area contributed by atoms with E-state index in [0.717, 1.165) is 0 Å². The second-order valence-corrected chi connectivity index (χ2v) is 7.00. The Bertz CT molecular complexity index is 645. The maximum absolute atomic E-state index is 13.3. The van der Waals surface area contributed by atoms with Crippen LogP contribution in [-0.2, 0) is 10.1 Å². The van der Waals surface area contributed by atoms with Crippen LogP contribution in [0.3, 0.4) is 0 Å². The van der Waals surface area contributed by atoms with E-state index in [2.05, 4.69) is 0 Å². The molecule has 0 unspecified atom stereocenters. The van der Waals surface area contributed by atoms with Crippen LogP contribution in [0.1, 0.15) is 32.1 Å². The van der Waals surface area contributed by atoms with Gasteiger partial charge in [0.05, 0.1) is 0 Å². The molecule has 0 bridgehead atoms. The third-order valence-electron chi connectivity index (χ3n) is 3.38. The molecule has 0 saturated heterocycles. The van der Waals surface area contributed by atoms with Gasteiger partial charge < -0.3 is 4.55 Å². The Morgan fingerprint density at radius 1 is 0.586 bits per heavy atom.